The summed E-state index contributed by atoms with van der Waals surface area (Å²) in [7, 11) is 5.97. The van der Waals surface area contributed by atoms with Crippen LogP contribution in [0.3, 0.4) is 0 Å². The number of methoxy groups -OCH3 is 4. The molecule has 0 aliphatic heterocycles. The van der Waals surface area contributed by atoms with Gasteiger partial charge in [-0.25, -0.2) is 0 Å². The highest BCUT2D eigenvalue weighted by molar-refractivity contribution is 14.1. The van der Waals surface area contributed by atoms with Crippen molar-refractivity contribution in [3.8, 4) is 23.0 Å². The van der Waals surface area contributed by atoms with Crippen molar-refractivity contribution in [2.24, 2.45) is 0 Å². The van der Waals surface area contributed by atoms with E-state index >= 15 is 0 Å². The number of carbonyl (C=O) groups is 2. The summed E-state index contributed by atoms with van der Waals surface area (Å²) >= 11 is 2.04. The van der Waals surface area contributed by atoms with E-state index in [4.69, 9.17) is 23.7 Å². The number of ether oxygens (including phenoxy) is 5. The molecule has 4 N–H and O–H groups in total. The van der Waals surface area contributed by atoms with Crippen LogP contribution >= 0.6 is 22.6 Å². The number of carbonyl (C=O) groups excluding carboxylic acids is 2. The number of hydrogen-bond acceptors (Lipinski definition) is 10. The topological polar surface area (TPSA) is 156 Å². The van der Waals surface area contributed by atoms with Gasteiger partial charge in [0.15, 0.2) is 11.5 Å². The van der Waals surface area contributed by atoms with Gasteiger partial charge in [0.05, 0.1) is 44.2 Å². The number of nitrogens with one attached hydrogen (secondary N) is 1. The number of rotatable bonds is 15. The number of nitrogens with zero attached hydrogens (tertiary/aromatic N) is 1. The average Bonchev–Trinajstić information content (AvgIpc) is 3.01. The zero-order valence-corrected chi connectivity index (χ0v) is 26.8. The number of aliphatic hydroxyl groups excluding tert-OH is 3. The van der Waals surface area contributed by atoms with Crippen LogP contribution in [0.25, 0.3) is 0 Å². The molecule has 2 amide bonds. The molecular formula is C30H39IN2O10. The van der Waals surface area contributed by atoms with Crippen molar-refractivity contribution in [2.75, 3.05) is 54.7 Å². The molecule has 1 aliphatic rings. The van der Waals surface area contributed by atoms with Gasteiger partial charge in [-0.1, -0.05) is 0 Å². The molecule has 236 valence electrons. The molecule has 0 unspecified atom stereocenters. The molecule has 3 atom stereocenters. The van der Waals surface area contributed by atoms with Gasteiger partial charge < -0.3 is 49.2 Å². The summed E-state index contributed by atoms with van der Waals surface area (Å²) in [5.41, 5.74) is 1.68. The molecule has 0 fully saturated rings. The van der Waals surface area contributed by atoms with Crippen molar-refractivity contribution in [1.82, 2.24) is 10.2 Å². The Morgan fingerprint density at radius 1 is 1.05 bits per heavy atom. The third-order valence-electron chi connectivity index (χ3n) is 7.04. The van der Waals surface area contributed by atoms with Crippen LogP contribution in [0.2, 0.25) is 0 Å². The number of hydrogen-bond donors (Lipinski definition) is 4. The van der Waals surface area contributed by atoms with Crippen molar-refractivity contribution >= 4 is 34.4 Å². The van der Waals surface area contributed by atoms with Crippen LogP contribution in [0.4, 0.5) is 0 Å². The van der Waals surface area contributed by atoms with Gasteiger partial charge in [0.2, 0.25) is 11.8 Å². The first-order chi connectivity index (χ1) is 20.7. The second-order valence-electron chi connectivity index (χ2n) is 9.73. The van der Waals surface area contributed by atoms with Crippen molar-refractivity contribution in [3.63, 3.8) is 0 Å². The van der Waals surface area contributed by atoms with E-state index in [9.17, 15) is 24.9 Å². The van der Waals surface area contributed by atoms with Crippen LogP contribution < -0.4 is 24.3 Å². The highest BCUT2D eigenvalue weighted by Gasteiger charge is 2.41. The van der Waals surface area contributed by atoms with Gasteiger partial charge in [0, 0.05) is 32.2 Å². The average molecular weight is 715 g/mol. The number of amides is 2. The Kier molecular flexibility index (Phi) is 13.3. The minimum absolute atomic E-state index is 0.0284. The Morgan fingerprint density at radius 3 is 2.42 bits per heavy atom. The lowest BCUT2D eigenvalue weighted by Crippen LogP contribution is -2.56. The fourth-order valence-corrected chi connectivity index (χ4v) is 5.69. The minimum atomic E-state index is -1.25. The summed E-state index contributed by atoms with van der Waals surface area (Å²) in [5.74, 6) is 1.05. The molecule has 2 aromatic rings. The monoisotopic (exact) mass is 714 g/mol. The third kappa shape index (κ3) is 8.72. The molecule has 1 aliphatic carbocycles. The van der Waals surface area contributed by atoms with Gasteiger partial charge >= 0.3 is 0 Å². The minimum Gasteiger partial charge on any atom is -0.497 e. The number of halogens is 1. The maximum absolute atomic E-state index is 13.4. The highest BCUT2D eigenvalue weighted by atomic mass is 127. The van der Waals surface area contributed by atoms with Crippen LogP contribution in [0.1, 0.15) is 17.5 Å². The van der Waals surface area contributed by atoms with Crippen LogP contribution in [0, 0.1) is 3.57 Å². The van der Waals surface area contributed by atoms with Gasteiger partial charge in [0.1, 0.15) is 30.3 Å². The first-order valence-corrected chi connectivity index (χ1v) is 14.7. The van der Waals surface area contributed by atoms with Crippen molar-refractivity contribution in [2.45, 2.75) is 37.7 Å². The van der Waals surface area contributed by atoms with Crippen molar-refractivity contribution in [1.29, 1.82) is 0 Å². The SMILES string of the molecule is COCC(=O)N(CCc1cc(OC)ccc1OC)[C@@H]1CC(C(=O)NCCO)=C[C@H](Oc2c(I)cc(CO)cc2OC)[C@H]1O. The first kappa shape index (κ1) is 34.4. The van der Waals surface area contributed by atoms with Crippen LogP contribution in [-0.2, 0) is 27.4 Å². The fourth-order valence-electron chi connectivity index (χ4n) is 4.89. The Hall–Kier alpha value is -3.11. The molecule has 0 radical (unpaired) electrons. The second kappa shape index (κ2) is 16.7. The molecule has 0 saturated carbocycles. The quantitative estimate of drug-likeness (QED) is 0.199. The van der Waals surface area contributed by atoms with Crippen LogP contribution in [-0.4, -0.2) is 105 Å². The molecule has 0 aromatic heterocycles. The van der Waals surface area contributed by atoms with Crippen molar-refractivity contribution < 1.29 is 48.6 Å². The lowest BCUT2D eigenvalue weighted by Gasteiger charge is -2.40. The van der Waals surface area contributed by atoms with E-state index in [1.165, 1.54) is 25.2 Å². The Bertz CT molecular complexity index is 1290. The Balaban J connectivity index is 2.01. The molecule has 3 rings (SSSR count). The smallest absolute Gasteiger partial charge is 0.248 e. The van der Waals surface area contributed by atoms with Gasteiger partial charge in [-0.2, -0.15) is 0 Å². The van der Waals surface area contributed by atoms with Gasteiger partial charge in [0.25, 0.3) is 0 Å². The number of aliphatic hydroxyl groups is 3. The highest BCUT2D eigenvalue weighted by Crippen LogP contribution is 2.37. The van der Waals surface area contributed by atoms with Gasteiger partial charge in [-0.3, -0.25) is 9.59 Å². The van der Waals surface area contributed by atoms with E-state index in [1.807, 2.05) is 28.7 Å². The van der Waals surface area contributed by atoms with E-state index in [0.717, 1.165) is 5.56 Å². The molecule has 0 bridgehead atoms. The summed E-state index contributed by atoms with van der Waals surface area (Å²) in [4.78, 5) is 28.0. The van der Waals surface area contributed by atoms with E-state index in [-0.39, 0.29) is 50.8 Å². The second-order valence-corrected chi connectivity index (χ2v) is 10.9. The summed E-state index contributed by atoms with van der Waals surface area (Å²) < 4.78 is 28.4. The lowest BCUT2D eigenvalue weighted by atomic mass is 9.88. The predicted octanol–water partition coefficient (Wildman–Crippen LogP) is 1.44. The molecule has 43 heavy (non-hydrogen) atoms. The standard InChI is InChI=1S/C30H39IN2O10/c1-39-17-27(36)33(9-7-19-13-21(40-2)5-6-24(19)41-3)23-14-20(30(38)32-8-10-34)15-25(28(23)37)43-29-22(31)11-18(16-35)12-26(29)42-4/h5-6,11-13,15,23,25,28,34-35,37H,7-10,14,16-17H2,1-4H3,(H,32,38)/t23-,25+,28+/m1/s1. The molecule has 0 heterocycles. The largest absolute Gasteiger partial charge is 0.497 e. The maximum atomic E-state index is 13.4. The third-order valence-corrected chi connectivity index (χ3v) is 7.84. The van der Waals surface area contributed by atoms with Gasteiger partial charge in [-0.15, -0.1) is 0 Å². The normalized spacial score (nSPS) is 18.0. The Morgan fingerprint density at radius 2 is 1.79 bits per heavy atom. The van der Waals surface area contributed by atoms with Crippen LogP contribution in [0.15, 0.2) is 42.0 Å². The first-order valence-electron chi connectivity index (χ1n) is 13.6. The molecular weight excluding hydrogens is 675 g/mol. The lowest BCUT2D eigenvalue weighted by molar-refractivity contribution is -0.142. The van der Waals surface area contributed by atoms with E-state index in [0.29, 0.717) is 38.6 Å². The zero-order valence-electron chi connectivity index (χ0n) is 24.7. The number of benzene rings is 2. The summed E-state index contributed by atoms with van der Waals surface area (Å²) in [6.07, 6.45) is -0.399. The molecule has 2 aromatic carbocycles. The summed E-state index contributed by atoms with van der Waals surface area (Å²) in [6, 6.07) is 7.84. The molecule has 0 saturated heterocycles. The molecule has 13 heteroatoms. The molecule has 12 nitrogen and oxygen atoms in total. The van der Waals surface area contributed by atoms with Crippen molar-refractivity contribution in [3.05, 3.63) is 56.7 Å². The Labute approximate surface area is 264 Å². The zero-order chi connectivity index (χ0) is 31.5. The van der Waals surface area contributed by atoms with E-state index in [2.05, 4.69) is 5.32 Å². The maximum Gasteiger partial charge on any atom is 0.248 e. The van der Waals surface area contributed by atoms with Gasteiger partial charge in [-0.05, 0) is 76.5 Å². The summed E-state index contributed by atoms with van der Waals surface area (Å²) in [5, 5.41) is 33.2. The predicted molar refractivity (Wildman–Crippen MR) is 165 cm³/mol. The fraction of sp³-hybridized carbons (Fsp3) is 0.467. The van der Waals surface area contributed by atoms with Crippen LogP contribution in [0.5, 0.6) is 23.0 Å². The summed E-state index contributed by atoms with van der Waals surface area (Å²) in [6.45, 7) is -0.500. The molecule has 0 spiro atoms. The van der Waals surface area contributed by atoms with E-state index < -0.39 is 24.2 Å². The van der Waals surface area contributed by atoms with E-state index in [1.54, 1.807) is 38.5 Å².